The molecule has 0 aromatic carbocycles. The lowest BCUT2D eigenvalue weighted by Crippen LogP contribution is -2.18. The van der Waals surface area contributed by atoms with Crippen LogP contribution in [0, 0.1) is 11.3 Å². The van der Waals surface area contributed by atoms with Crippen LogP contribution in [0.2, 0.25) is 0 Å². The first kappa shape index (κ1) is 13.0. The van der Waals surface area contributed by atoms with Gasteiger partial charge in [0.05, 0.1) is 5.56 Å². The molecule has 1 heterocycles. The average Bonchev–Trinajstić information content (AvgIpc) is 2.18. The van der Waals surface area contributed by atoms with E-state index < -0.39 is 35.7 Å². The molecule has 0 saturated carbocycles. The predicted molar refractivity (Wildman–Crippen MR) is 42.3 cm³/mol. The molecule has 9 heteroatoms. The van der Waals surface area contributed by atoms with Gasteiger partial charge in [-0.05, 0) is 6.07 Å². The molecule has 0 spiro atoms. The lowest BCUT2D eigenvalue weighted by atomic mass is 10.2. The van der Waals surface area contributed by atoms with Gasteiger partial charge in [0.15, 0.2) is 11.4 Å². The SMILES string of the molecule is N#Cc1nc(OC(F)(F)F)c(O)cc1C(F)F. The number of nitrogens with zero attached hydrogens (tertiary/aromatic N) is 2. The Labute approximate surface area is 90.9 Å². The third-order valence-corrected chi connectivity index (χ3v) is 1.55. The number of pyridine rings is 1. The number of nitriles is 1. The van der Waals surface area contributed by atoms with Gasteiger partial charge in [-0.15, -0.1) is 13.2 Å². The summed E-state index contributed by atoms with van der Waals surface area (Å²) in [6.45, 7) is 0. The van der Waals surface area contributed by atoms with Gasteiger partial charge in [0.1, 0.15) is 6.07 Å². The number of aromatic hydroxyl groups is 1. The number of hydrogen-bond donors (Lipinski definition) is 1. The summed E-state index contributed by atoms with van der Waals surface area (Å²) in [5.74, 6) is -2.57. The third-order valence-electron chi connectivity index (χ3n) is 1.55. The fraction of sp³-hybridized carbons (Fsp3) is 0.250. The van der Waals surface area contributed by atoms with Gasteiger partial charge < -0.3 is 9.84 Å². The molecule has 0 aliphatic carbocycles. The van der Waals surface area contributed by atoms with E-state index in [9.17, 15) is 22.0 Å². The fourth-order valence-corrected chi connectivity index (χ4v) is 0.941. The molecule has 0 radical (unpaired) electrons. The van der Waals surface area contributed by atoms with E-state index in [1.165, 1.54) is 6.07 Å². The maximum absolute atomic E-state index is 12.3. The Bertz CT molecular complexity index is 466. The Morgan fingerprint density at radius 2 is 2.00 bits per heavy atom. The van der Waals surface area contributed by atoms with Gasteiger partial charge in [-0.1, -0.05) is 0 Å². The maximum Gasteiger partial charge on any atom is 0.574 e. The van der Waals surface area contributed by atoms with E-state index in [4.69, 9.17) is 10.4 Å². The summed E-state index contributed by atoms with van der Waals surface area (Å²) in [5.41, 5.74) is -1.92. The van der Waals surface area contributed by atoms with Crippen molar-refractivity contribution in [2.24, 2.45) is 0 Å². The summed E-state index contributed by atoms with van der Waals surface area (Å²) in [4.78, 5) is 2.86. The van der Waals surface area contributed by atoms with Gasteiger partial charge in [0.2, 0.25) is 0 Å². The first-order valence-electron chi connectivity index (χ1n) is 3.92. The molecule has 1 N–H and O–H groups in total. The smallest absolute Gasteiger partial charge is 0.503 e. The van der Waals surface area contributed by atoms with E-state index in [-0.39, 0.29) is 0 Å². The van der Waals surface area contributed by atoms with Crippen LogP contribution < -0.4 is 4.74 Å². The largest absolute Gasteiger partial charge is 0.574 e. The monoisotopic (exact) mass is 254 g/mol. The van der Waals surface area contributed by atoms with E-state index in [2.05, 4.69) is 9.72 Å². The van der Waals surface area contributed by atoms with Crippen LogP contribution in [-0.4, -0.2) is 16.5 Å². The Morgan fingerprint density at radius 1 is 1.41 bits per heavy atom. The Hall–Kier alpha value is -2.11. The van der Waals surface area contributed by atoms with Crippen LogP contribution in [0.3, 0.4) is 0 Å². The summed E-state index contributed by atoms with van der Waals surface area (Å²) in [6.07, 6.45) is -8.30. The zero-order valence-electron chi connectivity index (χ0n) is 7.79. The summed E-state index contributed by atoms with van der Waals surface area (Å²) in [5, 5.41) is 17.4. The normalized spacial score (nSPS) is 11.4. The standard InChI is InChI=1S/C8H3F5N2O2/c9-6(10)3-1-5(16)7(15-4(3)2-14)17-8(11,12)13/h1,6,16H. The highest BCUT2D eigenvalue weighted by atomic mass is 19.4. The van der Waals surface area contributed by atoms with Crippen LogP contribution in [0.25, 0.3) is 0 Å². The lowest BCUT2D eigenvalue weighted by Gasteiger charge is -2.11. The van der Waals surface area contributed by atoms with Crippen LogP contribution in [0.1, 0.15) is 17.7 Å². The van der Waals surface area contributed by atoms with Crippen molar-refractivity contribution in [3.8, 4) is 17.7 Å². The van der Waals surface area contributed by atoms with Gasteiger partial charge in [-0.3, -0.25) is 0 Å². The van der Waals surface area contributed by atoms with Crippen molar-refractivity contribution in [2.45, 2.75) is 12.8 Å². The molecule has 1 rings (SSSR count). The molecular formula is C8H3F5N2O2. The maximum atomic E-state index is 12.3. The summed E-state index contributed by atoms with van der Waals surface area (Å²) < 4.78 is 63.3. The van der Waals surface area contributed by atoms with Gasteiger partial charge in [0, 0.05) is 0 Å². The zero-order chi connectivity index (χ0) is 13.2. The highest BCUT2D eigenvalue weighted by Crippen LogP contribution is 2.34. The molecule has 92 valence electrons. The van der Waals surface area contributed by atoms with Crippen molar-refractivity contribution in [2.75, 3.05) is 0 Å². The van der Waals surface area contributed by atoms with Crippen LogP contribution in [0.15, 0.2) is 6.07 Å². The average molecular weight is 254 g/mol. The van der Waals surface area contributed by atoms with Crippen molar-refractivity contribution in [3.05, 3.63) is 17.3 Å². The van der Waals surface area contributed by atoms with Crippen molar-refractivity contribution in [3.63, 3.8) is 0 Å². The van der Waals surface area contributed by atoms with Gasteiger partial charge in [-0.2, -0.15) is 10.2 Å². The predicted octanol–water partition coefficient (Wildman–Crippen LogP) is 2.50. The minimum Gasteiger partial charge on any atom is -0.503 e. The molecule has 0 fully saturated rings. The highest BCUT2D eigenvalue weighted by Gasteiger charge is 2.34. The van der Waals surface area contributed by atoms with Crippen molar-refractivity contribution in [1.29, 1.82) is 5.26 Å². The molecule has 1 aromatic rings. The number of rotatable bonds is 2. The van der Waals surface area contributed by atoms with Crippen LogP contribution >= 0.6 is 0 Å². The molecule has 4 nitrogen and oxygen atoms in total. The minimum absolute atomic E-state index is 0.303. The Morgan fingerprint density at radius 3 is 2.41 bits per heavy atom. The third kappa shape index (κ3) is 3.17. The van der Waals surface area contributed by atoms with Crippen LogP contribution in [0.4, 0.5) is 22.0 Å². The molecule has 0 bridgehead atoms. The lowest BCUT2D eigenvalue weighted by molar-refractivity contribution is -0.276. The number of halogens is 5. The zero-order valence-corrected chi connectivity index (χ0v) is 7.79. The highest BCUT2D eigenvalue weighted by molar-refractivity contribution is 5.43. The Kier molecular flexibility index (Phi) is 3.36. The number of aromatic nitrogens is 1. The molecule has 0 saturated heterocycles. The van der Waals surface area contributed by atoms with Crippen molar-refractivity contribution in [1.82, 2.24) is 4.98 Å². The summed E-state index contributed by atoms with van der Waals surface area (Å²) in [7, 11) is 0. The number of ether oxygens (including phenoxy) is 1. The van der Waals surface area contributed by atoms with Crippen molar-refractivity contribution < 1.29 is 31.8 Å². The first-order chi connectivity index (χ1) is 7.74. The molecule has 17 heavy (non-hydrogen) atoms. The second-order valence-corrected chi connectivity index (χ2v) is 2.71. The molecule has 1 aromatic heterocycles. The van der Waals surface area contributed by atoms with Crippen molar-refractivity contribution >= 4 is 0 Å². The molecule has 0 aliphatic heterocycles. The van der Waals surface area contributed by atoms with Crippen LogP contribution in [0.5, 0.6) is 11.6 Å². The summed E-state index contributed by atoms with van der Waals surface area (Å²) in [6, 6.07) is 1.48. The van der Waals surface area contributed by atoms with E-state index in [1.54, 1.807) is 0 Å². The second-order valence-electron chi connectivity index (χ2n) is 2.71. The molecule has 0 amide bonds. The minimum atomic E-state index is -5.15. The quantitative estimate of drug-likeness (QED) is 0.823. The van der Waals surface area contributed by atoms with E-state index in [1.807, 2.05) is 0 Å². The van der Waals surface area contributed by atoms with Gasteiger partial charge in [-0.25, -0.2) is 8.78 Å². The molecule has 0 unspecified atom stereocenters. The number of hydrogen-bond acceptors (Lipinski definition) is 4. The van der Waals surface area contributed by atoms with Gasteiger partial charge >= 0.3 is 6.36 Å². The Balaban J connectivity index is 3.24. The number of alkyl halides is 5. The van der Waals surface area contributed by atoms with E-state index >= 15 is 0 Å². The van der Waals surface area contributed by atoms with E-state index in [0.717, 1.165) is 0 Å². The molecule has 0 aliphatic rings. The molecule has 0 atom stereocenters. The topological polar surface area (TPSA) is 66.1 Å². The summed E-state index contributed by atoms with van der Waals surface area (Å²) >= 11 is 0. The molecular weight excluding hydrogens is 251 g/mol. The van der Waals surface area contributed by atoms with Gasteiger partial charge in [0.25, 0.3) is 12.3 Å². The van der Waals surface area contributed by atoms with E-state index in [0.29, 0.717) is 6.07 Å². The first-order valence-corrected chi connectivity index (χ1v) is 3.92. The fourth-order valence-electron chi connectivity index (χ4n) is 0.941. The van der Waals surface area contributed by atoms with Crippen LogP contribution in [-0.2, 0) is 0 Å². The second kappa shape index (κ2) is 4.40.